The molecule has 0 unspecified atom stereocenters. The van der Waals surface area contributed by atoms with Crippen molar-refractivity contribution in [3.63, 3.8) is 0 Å². The van der Waals surface area contributed by atoms with Crippen LogP contribution in [0.2, 0.25) is 5.02 Å². The molecule has 1 N–H and O–H groups in total. The van der Waals surface area contributed by atoms with Crippen molar-refractivity contribution in [2.75, 3.05) is 31.5 Å². The van der Waals surface area contributed by atoms with Crippen molar-refractivity contribution < 1.29 is 13.7 Å². The van der Waals surface area contributed by atoms with Gasteiger partial charge < -0.3 is 15.0 Å². The molecule has 0 aromatic heterocycles. The zero-order valence-electron chi connectivity index (χ0n) is 12.7. The smallest absolute Gasteiger partial charge is 0.321 e. The molecule has 1 aromatic carbocycles. The molecule has 2 atom stereocenters. The van der Waals surface area contributed by atoms with Crippen LogP contribution in [0.5, 0.6) is 0 Å². The quantitative estimate of drug-likeness (QED) is 0.871. The van der Waals surface area contributed by atoms with Crippen molar-refractivity contribution in [1.82, 2.24) is 4.90 Å². The van der Waals surface area contributed by atoms with Crippen LogP contribution in [-0.4, -0.2) is 47.3 Å². The zero-order valence-corrected chi connectivity index (χ0v) is 14.3. The average Bonchev–Trinajstić information content (AvgIpc) is 2.41. The van der Waals surface area contributed by atoms with Gasteiger partial charge >= 0.3 is 6.03 Å². The SMILES string of the molecule is COCc1c(Cl)cccc1NC(=O)N(C)[C@@H](C)C[S@@](C)=O. The Morgan fingerprint density at radius 1 is 1.52 bits per heavy atom. The first-order valence-electron chi connectivity index (χ1n) is 6.47. The van der Waals surface area contributed by atoms with Crippen LogP contribution in [0.15, 0.2) is 18.2 Å². The second kappa shape index (κ2) is 8.36. The van der Waals surface area contributed by atoms with Crippen LogP contribution >= 0.6 is 11.6 Å². The third kappa shape index (κ3) is 5.30. The molecule has 1 aromatic rings. The summed E-state index contributed by atoms with van der Waals surface area (Å²) in [6, 6.07) is 4.89. The minimum atomic E-state index is -0.953. The molecule has 0 bridgehead atoms. The normalized spacial score (nSPS) is 13.6. The van der Waals surface area contributed by atoms with Crippen LogP contribution in [0.1, 0.15) is 12.5 Å². The van der Waals surface area contributed by atoms with E-state index in [-0.39, 0.29) is 12.1 Å². The molecule has 0 aliphatic heterocycles. The Balaban J connectivity index is 2.83. The first-order chi connectivity index (χ1) is 9.86. The number of carbonyl (C=O) groups is 1. The Bertz CT molecular complexity index is 525. The summed E-state index contributed by atoms with van der Waals surface area (Å²) in [4.78, 5) is 13.8. The number of nitrogens with one attached hydrogen (secondary N) is 1. The molecule has 118 valence electrons. The van der Waals surface area contributed by atoms with E-state index in [1.807, 2.05) is 6.92 Å². The van der Waals surface area contributed by atoms with E-state index in [9.17, 15) is 9.00 Å². The third-order valence-corrected chi connectivity index (χ3v) is 4.41. The minimum absolute atomic E-state index is 0.124. The summed E-state index contributed by atoms with van der Waals surface area (Å²) in [7, 11) is 2.29. The number of urea groups is 1. The number of anilines is 1. The number of halogens is 1. The Kier molecular flexibility index (Phi) is 7.14. The first kappa shape index (κ1) is 17.9. The van der Waals surface area contributed by atoms with Gasteiger partial charge in [-0.1, -0.05) is 17.7 Å². The van der Waals surface area contributed by atoms with Gasteiger partial charge in [-0.05, 0) is 19.1 Å². The fourth-order valence-corrected chi connectivity index (χ4v) is 2.95. The van der Waals surface area contributed by atoms with Crippen LogP contribution in [0.3, 0.4) is 0 Å². The lowest BCUT2D eigenvalue weighted by Crippen LogP contribution is -2.41. The van der Waals surface area contributed by atoms with E-state index in [4.69, 9.17) is 16.3 Å². The predicted octanol–water partition coefficient (Wildman–Crippen LogP) is 2.72. The van der Waals surface area contributed by atoms with Crippen molar-refractivity contribution in [2.24, 2.45) is 0 Å². The summed E-state index contributed by atoms with van der Waals surface area (Å²) in [6.07, 6.45) is 1.62. The fourth-order valence-electron chi connectivity index (χ4n) is 1.82. The number of hydrogen-bond acceptors (Lipinski definition) is 3. The van der Waals surface area contributed by atoms with E-state index in [1.165, 1.54) is 4.90 Å². The van der Waals surface area contributed by atoms with Crippen molar-refractivity contribution >= 4 is 34.1 Å². The van der Waals surface area contributed by atoms with Gasteiger partial charge in [-0.3, -0.25) is 4.21 Å². The highest BCUT2D eigenvalue weighted by atomic mass is 35.5. The molecule has 0 spiro atoms. The van der Waals surface area contributed by atoms with Crippen molar-refractivity contribution in [2.45, 2.75) is 19.6 Å². The summed E-state index contributed by atoms with van der Waals surface area (Å²) >= 11 is 6.12. The second-order valence-electron chi connectivity index (χ2n) is 4.83. The summed E-state index contributed by atoms with van der Waals surface area (Å²) in [6.45, 7) is 2.17. The van der Waals surface area contributed by atoms with Crippen molar-refractivity contribution in [3.8, 4) is 0 Å². The fraction of sp³-hybridized carbons (Fsp3) is 0.500. The van der Waals surface area contributed by atoms with Crippen molar-refractivity contribution in [3.05, 3.63) is 28.8 Å². The number of ether oxygens (including phenoxy) is 1. The highest BCUT2D eigenvalue weighted by Gasteiger charge is 2.18. The van der Waals surface area contributed by atoms with Crippen molar-refractivity contribution in [1.29, 1.82) is 0 Å². The van der Waals surface area contributed by atoms with E-state index in [0.29, 0.717) is 23.1 Å². The molecule has 0 heterocycles. The third-order valence-electron chi connectivity index (χ3n) is 3.11. The van der Waals surface area contributed by atoms with Gasteiger partial charge in [0.1, 0.15) is 0 Å². The minimum Gasteiger partial charge on any atom is -0.380 e. The molecule has 0 fully saturated rings. The predicted molar refractivity (Wildman–Crippen MR) is 87.3 cm³/mol. The van der Waals surface area contributed by atoms with Gasteiger partial charge in [-0.25, -0.2) is 4.79 Å². The second-order valence-corrected chi connectivity index (χ2v) is 6.72. The summed E-state index contributed by atoms with van der Waals surface area (Å²) in [5.74, 6) is 0.435. The van der Waals surface area contributed by atoms with Crippen LogP contribution < -0.4 is 5.32 Å². The number of hydrogen-bond donors (Lipinski definition) is 1. The molecule has 1 rings (SSSR count). The van der Waals surface area contributed by atoms with E-state index in [1.54, 1.807) is 38.6 Å². The Morgan fingerprint density at radius 2 is 2.19 bits per heavy atom. The number of benzene rings is 1. The van der Waals surface area contributed by atoms with Crippen LogP contribution in [0.4, 0.5) is 10.5 Å². The molecular formula is C14H21ClN2O3S. The van der Waals surface area contributed by atoms with Gasteiger partial charge in [-0.15, -0.1) is 0 Å². The van der Waals surface area contributed by atoms with Crippen LogP contribution in [0.25, 0.3) is 0 Å². The molecule has 0 aliphatic carbocycles. The number of amides is 2. The van der Waals surface area contributed by atoms with E-state index in [0.717, 1.165) is 5.56 Å². The molecule has 0 radical (unpaired) electrons. The summed E-state index contributed by atoms with van der Waals surface area (Å²) in [5.41, 5.74) is 1.35. The standard InChI is InChI=1S/C14H21ClN2O3S/c1-10(9-21(4)19)17(2)14(18)16-13-7-5-6-12(15)11(13)8-20-3/h5-7,10H,8-9H2,1-4H3,(H,16,18)/t10-,21+/m0/s1. The molecule has 5 nitrogen and oxygen atoms in total. The van der Waals surface area contributed by atoms with Gasteiger partial charge in [-0.2, -0.15) is 0 Å². The van der Waals surface area contributed by atoms with Gasteiger partial charge in [0.15, 0.2) is 0 Å². The highest BCUT2D eigenvalue weighted by Crippen LogP contribution is 2.25. The molecule has 7 heteroatoms. The lowest BCUT2D eigenvalue weighted by molar-refractivity contribution is 0.185. The largest absolute Gasteiger partial charge is 0.380 e. The first-order valence-corrected chi connectivity index (χ1v) is 8.57. The number of carbonyl (C=O) groups excluding carboxylic acids is 1. The maximum atomic E-state index is 12.2. The summed E-state index contributed by atoms with van der Waals surface area (Å²) < 4.78 is 16.3. The monoisotopic (exact) mass is 332 g/mol. The Hall–Kier alpha value is -1.11. The zero-order chi connectivity index (χ0) is 16.0. The maximum absolute atomic E-state index is 12.2. The molecule has 21 heavy (non-hydrogen) atoms. The topological polar surface area (TPSA) is 58.6 Å². The van der Waals surface area contributed by atoms with Crippen LogP contribution in [0, 0.1) is 0 Å². The van der Waals surface area contributed by atoms with Gasteiger partial charge in [0.25, 0.3) is 0 Å². The maximum Gasteiger partial charge on any atom is 0.321 e. The molecule has 0 saturated carbocycles. The molecule has 0 aliphatic rings. The highest BCUT2D eigenvalue weighted by molar-refractivity contribution is 7.84. The average molecular weight is 333 g/mol. The number of rotatable bonds is 6. The van der Waals surface area contributed by atoms with Crippen LogP contribution in [-0.2, 0) is 22.1 Å². The van der Waals surface area contributed by atoms with Gasteiger partial charge in [0.2, 0.25) is 0 Å². The lowest BCUT2D eigenvalue weighted by atomic mass is 10.2. The van der Waals surface area contributed by atoms with E-state index < -0.39 is 10.8 Å². The molecular weight excluding hydrogens is 312 g/mol. The van der Waals surface area contributed by atoms with Gasteiger partial charge in [0, 0.05) is 59.3 Å². The Morgan fingerprint density at radius 3 is 2.76 bits per heavy atom. The summed E-state index contributed by atoms with van der Waals surface area (Å²) in [5, 5.41) is 3.36. The Labute approximate surface area is 133 Å². The van der Waals surface area contributed by atoms with E-state index >= 15 is 0 Å². The van der Waals surface area contributed by atoms with E-state index in [2.05, 4.69) is 5.32 Å². The molecule has 2 amide bonds. The number of nitrogens with zero attached hydrogens (tertiary/aromatic N) is 1. The van der Waals surface area contributed by atoms with Gasteiger partial charge in [0.05, 0.1) is 6.61 Å². The molecule has 0 saturated heterocycles. The number of methoxy groups -OCH3 is 1. The lowest BCUT2D eigenvalue weighted by Gasteiger charge is -2.25.